The summed E-state index contributed by atoms with van der Waals surface area (Å²) in [7, 11) is 3.25. The lowest BCUT2D eigenvalue weighted by atomic mass is 10.8. The van der Waals surface area contributed by atoms with Crippen LogP contribution in [0.15, 0.2) is 0 Å². The molecule has 0 atom stereocenters. The number of methoxy groups -OCH3 is 1. The molecule has 8 heavy (non-hydrogen) atoms. The molecule has 0 radical (unpaired) electrons. The third-order valence-electron chi connectivity index (χ3n) is 0. The van der Waals surface area contributed by atoms with E-state index in [0.717, 1.165) is 0 Å². The summed E-state index contributed by atoms with van der Waals surface area (Å²) in [4.78, 5) is 0. The quantitative estimate of drug-likeness (QED) is 0.486. The van der Waals surface area contributed by atoms with Gasteiger partial charge in [0.1, 0.15) is 0 Å². The van der Waals surface area contributed by atoms with Crippen LogP contribution >= 0.6 is 0 Å². The minimum atomic E-state index is -4.00. The summed E-state index contributed by atoms with van der Waals surface area (Å²) in [5.41, 5.74) is 0. The van der Waals surface area contributed by atoms with Crippen molar-refractivity contribution >= 4 is 0 Å². The SMILES string of the molecule is CC(F)(F)F.COC. The summed E-state index contributed by atoms with van der Waals surface area (Å²) >= 11 is 0. The Hall–Kier alpha value is -0.250. The van der Waals surface area contributed by atoms with Gasteiger partial charge in [-0.05, 0) is 0 Å². The molecule has 0 aromatic rings. The second kappa shape index (κ2) is 4.90. The van der Waals surface area contributed by atoms with Gasteiger partial charge in [-0.15, -0.1) is 0 Å². The van der Waals surface area contributed by atoms with E-state index in [9.17, 15) is 13.2 Å². The number of hydrogen-bond acceptors (Lipinski definition) is 1. The number of alkyl halides is 3. The Morgan fingerprint density at radius 1 is 1.12 bits per heavy atom. The molecule has 4 heteroatoms. The molecule has 0 saturated heterocycles. The maximum Gasteiger partial charge on any atom is 0.386 e. The highest BCUT2D eigenvalue weighted by Crippen LogP contribution is 2.10. The molecular formula is C4H9F3O. The summed E-state index contributed by atoms with van der Waals surface area (Å²) in [6, 6.07) is 0. The average Bonchev–Trinajstić information content (AvgIpc) is 1.27. The molecule has 0 aliphatic rings. The predicted molar refractivity (Wildman–Crippen MR) is 24.7 cm³/mol. The highest BCUT2D eigenvalue weighted by Gasteiger charge is 2.15. The van der Waals surface area contributed by atoms with Crippen LogP contribution in [0.4, 0.5) is 13.2 Å². The first-order valence-corrected chi connectivity index (χ1v) is 1.88. The number of hydrogen-bond donors (Lipinski definition) is 0. The Bertz CT molecular complexity index is 35.0. The van der Waals surface area contributed by atoms with Gasteiger partial charge in [0.25, 0.3) is 0 Å². The van der Waals surface area contributed by atoms with Crippen molar-refractivity contribution < 1.29 is 17.9 Å². The minimum absolute atomic E-state index is 0.188. The van der Waals surface area contributed by atoms with Crippen LogP contribution in [0.25, 0.3) is 0 Å². The van der Waals surface area contributed by atoms with Gasteiger partial charge in [-0.25, -0.2) is 0 Å². The van der Waals surface area contributed by atoms with Crippen molar-refractivity contribution in [1.82, 2.24) is 0 Å². The Kier molecular flexibility index (Phi) is 6.54. The number of ether oxygens (including phenoxy) is 1. The van der Waals surface area contributed by atoms with E-state index >= 15 is 0 Å². The van der Waals surface area contributed by atoms with Gasteiger partial charge in [-0.2, -0.15) is 13.2 Å². The summed E-state index contributed by atoms with van der Waals surface area (Å²) in [5, 5.41) is 0. The molecule has 0 bridgehead atoms. The van der Waals surface area contributed by atoms with Crippen LogP contribution in [-0.4, -0.2) is 20.4 Å². The molecule has 0 spiro atoms. The Morgan fingerprint density at radius 3 is 1.12 bits per heavy atom. The fraction of sp³-hybridized carbons (Fsp3) is 1.00. The summed E-state index contributed by atoms with van der Waals surface area (Å²) < 4.78 is 35.3. The van der Waals surface area contributed by atoms with Crippen LogP contribution in [0.1, 0.15) is 6.92 Å². The van der Waals surface area contributed by atoms with Crippen molar-refractivity contribution in [2.24, 2.45) is 0 Å². The largest absolute Gasteiger partial charge is 0.388 e. The lowest BCUT2D eigenvalue weighted by molar-refractivity contribution is -0.110. The van der Waals surface area contributed by atoms with Crippen LogP contribution in [0.2, 0.25) is 0 Å². The van der Waals surface area contributed by atoms with Crippen LogP contribution in [0.5, 0.6) is 0 Å². The predicted octanol–water partition coefficient (Wildman–Crippen LogP) is 1.83. The molecule has 52 valence electrons. The molecule has 0 N–H and O–H groups in total. The van der Waals surface area contributed by atoms with Gasteiger partial charge in [-0.1, -0.05) is 0 Å². The average molecular weight is 130 g/mol. The van der Waals surface area contributed by atoms with Crippen molar-refractivity contribution in [3.05, 3.63) is 0 Å². The molecule has 0 fully saturated rings. The summed E-state index contributed by atoms with van der Waals surface area (Å²) in [6.45, 7) is 0.188. The Balaban J connectivity index is 0. The lowest BCUT2D eigenvalue weighted by Gasteiger charge is -1.88. The van der Waals surface area contributed by atoms with Crippen molar-refractivity contribution in [2.75, 3.05) is 14.2 Å². The Labute approximate surface area is 46.5 Å². The normalized spacial score (nSPS) is 9.75. The van der Waals surface area contributed by atoms with Crippen LogP contribution < -0.4 is 0 Å². The molecule has 0 aromatic heterocycles. The zero-order valence-electron chi connectivity index (χ0n) is 5.04. The van der Waals surface area contributed by atoms with E-state index in [2.05, 4.69) is 4.74 Å². The second-order valence-electron chi connectivity index (χ2n) is 1.19. The first-order valence-electron chi connectivity index (χ1n) is 1.88. The van der Waals surface area contributed by atoms with Gasteiger partial charge in [-0.3, -0.25) is 0 Å². The van der Waals surface area contributed by atoms with Gasteiger partial charge in [0.15, 0.2) is 0 Å². The zero-order chi connectivity index (χ0) is 7.21. The fourth-order valence-corrected chi connectivity index (χ4v) is 0. The molecule has 0 amide bonds. The van der Waals surface area contributed by atoms with E-state index in [1.807, 2.05) is 0 Å². The molecule has 0 saturated carbocycles. The van der Waals surface area contributed by atoms with E-state index in [-0.39, 0.29) is 6.92 Å². The van der Waals surface area contributed by atoms with Crippen molar-refractivity contribution in [1.29, 1.82) is 0 Å². The van der Waals surface area contributed by atoms with E-state index in [4.69, 9.17) is 0 Å². The maximum absolute atomic E-state index is 10.4. The molecule has 1 nitrogen and oxygen atoms in total. The monoisotopic (exact) mass is 130 g/mol. The van der Waals surface area contributed by atoms with Gasteiger partial charge < -0.3 is 4.74 Å². The first-order chi connectivity index (χ1) is 3.41. The summed E-state index contributed by atoms with van der Waals surface area (Å²) in [5.74, 6) is 0. The fourth-order valence-electron chi connectivity index (χ4n) is 0. The van der Waals surface area contributed by atoms with Gasteiger partial charge in [0.2, 0.25) is 0 Å². The highest BCUT2D eigenvalue weighted by atomic mass is 19.4. The van der Waals surface area contributed by atoms with Crippen molar-refractivity contribution in [3.63, 3.8) is 0 Å². The molecule has 0 heterocycles. The third-order valence-corrected chi connectivity index (χ3v) is 0. The lowest BCUT2D eigenvalue weighted by Crippen LogP contribution is -1.95. The van der Waals surface area contributed by atoms with E-state index in [1.54, 1.807) is 14.2 Å². The van der Waals surface area contributed by atoms with E-state index < -0.39 is 6.18 Å². The topological polar surface area (TPSA) is 9.23 Å². The van der Waals surface area contributed by atoms with Crippen LogP contribution in [0.3, 0.4) is 0 Å². The van der Waals surface area contributed by atoms with Gasteiger partial charge in [0.05, 0.1) is 0 Å². The third kappa shape index (κ3) is 2080. The second-order valence-corrected chi connectivity index (χ2v) is 1.19. The maximum atomic E-state index is 10.4. The number of rotatable bonds is 0. The van der Waals surface area contributed by atoms with Crippen molar-refractivity contribution in [3.8, 4) is 0 Å². The van der Waals surface area contributed by atoms with Crippen LogP contribution in [0, 0.1) is 0 Å². The number of halogens is 3. The molecule has 0 aliphatic heterocycles. The van der Waals surface area contributed by atoms with E-state index in [1.165, 1.54) is 0 Å². The standard InChI is InChI=1S/C2H3F3.C2H6O/c1-2(3,4)5;1-3-2/h1H3;1-2H3. The minimum Gasteiger partial charge on any atom is -0.388 e. The Morgan fingerprint density at radius 2 is 1.12 bits per heavy atom. The zero-order valence-corrected chi connectivity index (χ0v) is 5.04. The first kappa shape index (κ1) is 10.7. The molecule has 0 aromatic carbocycles. The summed E-state index contributed by atoms with van der Waals surface area (Å²) in [6.07, 6.45) is -4.00. The van der Waals surface area contributed by atoms with E-state index in [0.29, 0.717) is 0 Å². The van der Waals surface area contributed by atoms with Crippen molar-refractivity contribution in [2.45, 2.75) is 13.1 Å². The molecule has 0 aliphatic carbocycles. The molecular weight excluding hydrogens is 121 g/mol. The van der Waals surface area contributed by atoms with Crippen LogP contribution in [-0.2, 0) is 4.74 Å². The molecule has 0 rings (SSSR count). The smallest absolute Gasteiger partial charge is 0.386 e. The molecule has 0 unspecified atom stereocenters. The van der Waals surface area contributed by atoms with Gasteiger partial charge >= 0.3 is 6.18 Å². The highest BCUT2D eigenvalue weighted by molar-refractivity contribution is 4.26. The van der Waals surface area contributed by atoms with Gasteiger partial charge in [0, 0.05) is 21.1 Å².